The van der Waals surface area contributed by atoms with Crippen LogP contribution in [0.25, 0.3) is 0 Å². The molecule has 4 heteroatoms. The van der Waals surface area contributed by atoms with Crippen molar-refractivity contribution in [2.75, 3.05) is 21.3 Å². The van der Waals surface area contributed by atoms with E-state index in [1.807, 2.05) is 6.55 Å². The van der Waals surface area contributed by atoms with Gasteiger partial charge in [-0.15, -0.1) is 0 Å². The van der Waals surface area contributed by atoms with Crippen LogP contribution in [0, 0.1) is 0 Å². The first-order valence-corrected chi connectivity index (χ1v) is 6.04. The summed E-state index contributed by atoms with van der Waals surface area (Å²) in [5.41, 5.74) is 4.50. The van der Waals surface area contributed by atoms with Crippen molar-refractivity contribution in [1.82, 2.24) is 0 Å². The maximum atomic E-state index is 4.82. The van der Waals surface area contributed by atoms with E-state index < -0.39 is 9.28 Å². The first-order chi connectivity index (χ1) is 5.31. The summed E-state index contributed by atoms with van der Waals surface area (Å²) in [6, 6.07) is 0. The maximum Gasteiger partial charge on any atom is 0.317 e. The summed E-state index contributed by atoms with van der Waals surface area (Å²) in [6.07, 6.45) is 4.50. The molecule has 0 atom stereocenters. The Morgan fingerprint density at radius 2 is 1.27 bits per heavy atom. The van der Waals surface area contributed by atoms with Gasteiger partial charge in [0, 0.05) is 14.2 Å². The highest BCUT2D eigenvalue weighted by Gasteiger charge is 1.95. The fraction of sp³-hybridized carbons (Fsp3) is 1.00. The summed E-state index contributed by atoms with van der Waals surface area (Å²) in [5, 5.41) is 0. The molecule has 0 radical (unpaired) electrons. The molecule has 0 heterocycles. The van der Waals surface area contributed by atoms with Gasteiger partial charge in [-0.2, -0.15) is 0 Å². The van der Waals surface area contributed by atoms with E-state index in [2.05, 4.69) is 5.73 Å². The van der Waals surface area contributed by atoms with Gasteiger partial charge in [-0.25, -0.2) is 0 Å². The van der Waals surface area contributed by atoms with E-state index in [-0.39, 0.29) is 0 Å². The largest absolute Gasteiger partial charge is 0.400 e. The van der Waals surface area contributed by atoms with Crippen LogP contribution in [-0.2, 0) is 8.85 Å². The second-order valence-electron chi connectivity index (χ2n) is 2.10. The first kappa shape index (κ1) is 13.7. The highest BCUT2D eigenvalue weighted by Crippen LogP contribution is 2.14. The Morgan fingerprint density at radius 1 is 1.00 bits per heavy atom. The van der Waals surface area contributed by atoms with Crippen molar-refractivity contribution in [1.29, 1.82) is 0 Å². The summed E-state index contributed by atoms with van der Waals surface area (Å²) < 4.78 is 9.63. The average Bonchev–Trinajstić information content (AvgIpc) is 2.93. The molecule has 0 aliphatic heterocycles. The summed E-state index contributed by atoms with van der Waals surface area (Å²) in [4.78, 5) is 0. The predicted octanol–water partition coefficient (Wildman–Crippen LogP) is 0.875. The lowest BCUT2D eigenvalue weighted by Crippen LogP contribution is -2.12. The Balaban J connectivity index is 0. The van der Waals surface area contributed by atoms with E-state index >= 15 is 0 Å². The van der Waals surface area contributed by atoms with Crippen molar-refractivity contribution in [3.8, 4) is 0 Å². The van der Waals surface area contributed by atoms with Gasteiger partial charge < -0.3 is 14.6 Å². The van der Waals surface area contributed by atoms with E-state index in [4.69, 9.17) is 8.85 Å². The third kappa shape index (κ3) is 25.5. The van der Waals surface area contributed by atoms with Crippen molar-refractivity contribution in [2.45, 2.75) is 25.8 Å². The normalized spacial score (nSPS) is 12.5. The summed E-state index contributed by atoms with van der Waals surface area (Å²) in [7, 11) is 3.67. The Morgan fingerprint density at radius 3 is 1.27 bits per heavy atom. The van der Waals surface area contributed by atoms with E-state index in [1.165, 1.54) is 26.3 Å². The van der Waals surface area contributed by atoms with Crippen LogP contribution < -0.4 is 5.73 Å². The predicted molar refractivity (Wildman–Crippen MR) is 51.0 cm³/mol. The molecule has 70 valence electrons. The standard InChI is InChI=1S/C3H10O2Si.C3H6.CH5N/c1-4-6(3)5-2;1-2-3-1;1-2/h6H,1-3H3;1-3H2;2H2,1H3. The zero-order valence-electron chi connectivity index (χ0n) is 8.09. The van der Waals surface area contributed by atoms with Gasteiger partial charge >= 0.3 is 9.28 Å². The first-order valence-electron chi connectivity index (χ1n) is 3.94. The van der Waals surface area contributed by atoms with Crippen LogP contribution in [0.4, 0.5) is 0 Å². The minimum Gasteiger partial charge on any atom is -0.400 e. The highest BCUT2D eigenvalue weighted by molar-refractivity contribution is 6.42. The molecule has 0 aromatic carbocycles. The van der Waals surface area contributed by atoms with Gasteiger partial charge in [0.15, 0.2) is 0 Å². The third-order valence-electron chi connectivity index (χ3n) is 1.02. The van der Waals surface area contributed by atoms with Gasteiger partial charge in [-0.3, -0.25) is 0 Å². The lowest BCUT2D eigenvalue weighted by Gasteiger charge is -2.00. The number of hydrogen-bond donors (Lipinski definition) is 1. The fourth-order valence-corrected chi connectivity index (χ4v) is 0.289. The Hall–Kier alpha value is 0.0969. The van der Waals surface area contributed by atoms with Crippen molar-refractivity contribution in [2.24, 2.45) is 5.73 Å². The van der Waals surface area contributed by atoms with Crippen LogP contribution in [-0.4, -0.2) is 30.6 Å². The lowest BCUT2D eigenvalue weighted by molar-refractivity contribution is 0.285. The van der Waals surface area contributed by atoms with E-state index in [1.54, 1.807) is 14.2 Å². The smallest absolute Gasteiger partial charge is 0.317 e. The summed E-state index contributed by atoms with van der Waals surface area (Å²) in [5.74, 6) is 0. The van der Waals surface area contributed by atoms with E-state index in [9.17, 15) is 0 Å². The zero-order valence-corrected chi connectivity index (χ0v) is 9.25. The molecule has 0 aromatic heterocycles. The lowest BCUT2D eigenvalue weighted by atomic mass is 11.0. The highest BCUT2D eigenvalue weighted by atomic mass is 28.3. The molecular formula is C7H21NO2Si. The minimum absolute atomic E-state index is 1.16. The molecule has 1 saturated carbocycles. The van der Waals surface area contributed by atoms with Crippen LogP contribution in [0.2, 0.25) is 6.55 Å². The quantitative estimate of drug-likeness (QED) is 0.640. The molecule has 0 bridgehead atoms. The molecule has 0 unspecified atom stereocenters. The average molecular weight is 179 g/mol. The Labute approximate surface area is 71.7 Å². The summed E-state index contributed by atoms with van der Waals surface area (Å²) >= 11 is 0. The van der Waals surface area contributed by atoms with Gasteiger partial charge in [0.1, 0.15) is 0 Å². The maximum absolute atomic E-state index is 4.82. The number of hydrogen-bond acceptors (Lipinski definition) is 3. The Bertz CT molecular complexity index is 55.6. The van der Waals surface area contributed by atoms with Gasteiger partial charge in [0.05, 0.1) is 0 Å². The van der Waals surface area contributed by atoms with Crippen LogP contribution in [0.1, 0.15) is 19.3 Å². The summed E-state index contributed by atoms with van der Waals surface area (Å²) in [6.45, 7) is 1.97. The number of rotatable bonds is 2. The monoisotopic (exact) mass is 179 g/mol. The molecule has 2 N–H and O–H groups in total. The third-order valence-corrected chi connectivity index (χ3v) is 2.35. The van der Waals surface area contributed by atoms with Gasteiger partial charge in [-0.05, 0) is 13.6 Å². The van der Waals surface area contributed by atoms with Crippen LogP contribution in [0.3, 0.4) is 0 Å². The van der Waals surface area contributed by atoms with Crippen LogP contribution >= 0.6 is 0 Å². The Kier molecular flexibility index (Phi) is 15.8. The van der Waals surface area contributed by atoms with E-state index in [0.717, 1.165) is 0 Å². The molecule has 1 aliphatic rings. The molecule has 1 rings (SSSR count). The molecular weight excluding hydrogens is 158 g/mol. The fourth-order valence-electron chi connectivity index (χ4n) is 0.0962. The van der Waals surface area contributed by atoms with Gasteiger partial charge in [0.2, 0.25) is 0 Å². The molecule has 0 aromatic rings. The minimum atomic E-state index is -1.16. The second-order valence-corrected chi connectivity index (χ2v) is 4.18. The van der Waals surface area contributed by atoms with Gasteiger partial charge in [0.25, 0.3) is 0 Å². The molecule has 0 amide bonds. The van der Waals surface area contributed by atoms with E-state index in [0.29, 0.717) is 0 Å². The van der Waals surface area contributed by atoms with Crippen LogP contribution in [0.15, 0.2) is 0 Å². The SMILES string of the molecule is C1CC1.CN.CO[SiH](C)OC. The topological polar surface area (TPSA) is 44.5 Å². The van der Waals surface area contributed by atoms with Crippen molar-refractivity contribution >= 4 is 9.28 Å². The second kappa shape index (κ2) is 12.7. The van der Waals surface area contributed by atoms with Crippen molar-refractivity contribution < 1.29 is 8.85 Å². The molecule has 0 spiro atoms. The number of nitrogens with two attached hydrogens (primary N) is 1. The molecule has 1 aliphatic carbocycles. The van der Waals surface area contributed by atoms with Crippen LogP contribution in [0.5, 0.6) is 0 Å². The van der Waals surface area contributed by atoms with Gasteiger partial charge in [-0.1, -0.05) is 19.3 Å². The molecule has 1 fully saturated rings. The zero-order chi connectivity index (χ0) is 9.11. The van der Waals surface area contributed by atoms with Crippen molar-refractivity contribution in [3.63, 3.8) is 0 Å². The molecule has 11 heavy (non-hydrogen) atoms. The molecule has 0 saturated heterocycles. The van der Waals surface area contributed by atoms with Crippen molar-refractivity contribution in [3.05, 3.63) is 0 Å². The molecule has 3 nitrogen and oxygen atoms in total.